The highest BCUT2D eigenvalue weighted by atomic mass is 32.2. The zero-order valence-electron chi connectivity index (χ0n) is 10.7. The number of hydrogen-bond donors (Lipinski definition) is 0. The Hall–Kier alpha value is -0.630. The summed E-state index contributed by atoms with van der Waals surface area (Å²) in [5.74, 6) is -0.396. The molecule has 0 heterocycles. The van der Waals surface area contributed by atoms with E-state index in [1.165, 1.54) is 7.05 Å². The fourth-order valence-corrected chi connectivity index (χ4v) is 3.58. The summed E-state index contributed by atoms with van der Waals surface area (Å²) in [6.45, 7) is 0. The zero-order valence-corrected chi connectivity index (χ0v) is 11.6. The fourth-order valence-electron chi connectivity index (χ4n) is 2.11. The molecule has 0 aromatic rings. The summed E-state index contributed by atoms with van der Waals surface area (Å²) in [4.78, 5) is 11.1. The smallest absolute Gasteiger partial charge is 0.300 e. The molecule has 0 unspecified atom stereocenters. The van der Waals surface area contributed by atoms with Crippen LogP contribution < -0.4 is 0 Å². The van der Waals surface area contributed by atoms with E-state index in [9.17, 15) is 26.4 Å². The molecule has 1 saturated carbocycles. The molecule has 0 aromatic heterocycles. The predicted octanol–water partition coefficient (Wildman–Crippen LogP) is 2.10. The third-order valence-corrected chi connectivity index (χ3v) is 5.31. The van der Waals surface area contributed by atoms with E-state index in [0.29, 0.717) is 25.7 Å². The Morgan fingerprint density at radius 3 is 2.26 bits per heavy atom. The fraction of sp³-hybridized carbons (Fsp3) is 0.909. The molecule has 112 valence electrons. The van der Waals surface area contributed by atoms with Crippen molar-refractivity contribution < 1.29 is 26.4 Å². The lowest BCUT2D eigenvalue weighted by Gasteiger charge is -2.30. The van der Waals surface area contributed by atoms with Crippen LogP contribution >= 0.6 is 0 Å². The third-order valence-electron chi connectivity index (χ3n) is 3.33. The van der Waals surface area contributed by atoms with Gasteiger partial charge in [0.25, 0.3) is 0 Å². The van der Waals surface area contributed by atoms with Crippen molar-refractivity contribution in [3.8, 4) is 0 Å². The average Bonchev–Trinajstić information content (AvgIpc) is 2.27. The number of carbonyl (C=O) groups excluding carboxylic acids is 1. The van der Waals surface area contributed by atoms with Crippen LogP contribution in [0.4, 0.5) is 13.2 Å². The Kier molecular flexibility index (Phi) is 5.37. The van der Waals surface area contributed by atoms with Crippen molar-refractivity contribution in [1.82, 2.24) is 4.31 Å². The van der Waals surface area contributed by atoms with Crippen LogP contribution in [0.15, 0.2) is 0 Å². The molecular formula is C11H18F3NO3S. The van der Waals surface area contributed by atoms with Gasteiger partial charge in [0, 0.05) is 32.4 Å². The van der Waals surface area contributed by atoms with E-state index in [-0.39, 0.29) is 11.8 Å². The quantitative estimate of drug-likeness (QED) is 0.781. The van der Waals surface area contributed by atoms with Gasteiger partial charge in [-0.05, 0) is 19.3 Å². The van der Waals surface area contributed by atoms with Gasteiger partial charge in [-0.2, -0.15) is 13.2 Å². The van der Waals surface area contributed by atoms with E-state index in [0.717, 1.165) is 4.31 Å². The molecule has 1 rings (SSSR count). The molecule has 0 spiro atoms. The van der Waals surface area contributed by atoms with Crippen molar-refractivity contribution in [3.63, 3.8) is 0 Å². The minimum absolute atomic E-state index is 0.110. The standard InChI is InChI=1S/C11H18F3NO3S/c1-15(9-3-5-10(16)6-4-9)19(17,18)8-2-7-11(12,13)14/h9H,2-8H2,1H3. The van der Waals surface area contributed by atoms with E-state index in [4.69, 9.17) is 0 Å². The summed E-state index contributed by atoms with van der Waals surface area (Å²) < 4.78 is 60.8. The summed E-state index contributed by atoms with van der Waals surface area (Å²) in [5, 5.41) is 0. The van der Waals surface area contributed by atoms with E-state index in [2.05, 4.69) is 0 Å². The van der Waals surface area contributed by atoms with Crippen molar-refractivity contribution in [1.29, 1.82) is 0 Å². The van der Waals surface area contributed by atoms with E-state index < -0.39 is 34.8 Å². The lowest BCUT2D eigenvalue weighted by atomic mass is 9.95. The largest absolute Gasteiger partial charge is 0.389 e. The van der Waals surface area contributed by atoms with Gasteiger partial charge >= 0.3 is 6.18 Å². The van der Waals surface area contributed by atoms with Crippen LogP contribution in [0.25, 0.3) is 0 Å². The molecule has 1 aliphatic rings. The van der Waals surface area contributed by atoms with Crippen molar-refractivity contribution in [2.45, 2.75) is 50.7 Å². The minimum atomic E-state index is -4.33. The Bertz CT molecular complexity index is 409. The first-order valence-corrected chi connectivity index (χ1v) is 7.77. The molecule has 0 aromatic carbocycles. The van der Waals surface area contributed by atoms with Gasteiger partial charge in [-0.1, -0.05) is 0 Å². The number of carbonyl (C=O) groups is 1. The van der Waals surface area contributed by atoms with E-state index in [1.54, 1.807) is 0 Å². The van der Waals surface area contributed by atoms with Crippen LogP contribution in [0.3, 0.4) is 0 Å². The second-order valence-electron chi connectivity index (χ2n) is 4.82. The average molecular weight is 301 g/mol. The number of sulfonamides is 1. The van der Waals surface area contributed by atoms with Crippen molar-refractivity contribution in [2.75, 3.05) is 12.8 Å². The van der Waals surface area contributed by atoms with Crippen molar-refractivity contribution in [2.24, 2.45) is 0 Å². The van der Waals surface area contributed by atoms with Gasteiger partial charge in [0.1, 0.15) is 5.78 Å². The van der Waals surface area contributed by atoms with Gasteiger partial charge in [-0.3, -0.25) is 4.79 Å². The van der Waals surface area contributed by atoms with E-state index >= 15 is 0 Å². The Morgan fingerprint density at radius 2 is 1.79 bits per heavy atom. The summed E-state index contributed by atoms with van der Waals surface area (Å²) in [7, 11) is -2.30. The van der Waals surface area contributed by atoms with Crippen molar-refractivity contribution >= 4 is 15.8 Å². The summed E-state index contributed by atoms with van der Waals surface area (Å²) in [6, 6.07) is -0.270. The monoisotopic (exact) mass is 301 g/mol. The molecule has 4 nitrogen and oxygen atoms in total. The molecule has 0 amide bonds. The first kappa shape index (κ1) is 16.4. The molecule has 8 heteroatoms. The molecule has 1 fully saturated rings. The number of hydrogen-bond acceptors (Lipinski definition) is 3. The Balaban J connectivity index is 2.49. The Morgan fingerprint density at radius 1 is 1.26 bits per heavy atom. The first-order chi connectivity index (χ1) is 8.62. The second-order valence-corrected chi connectivity index (χ2v) is 6.97. The normalized spacial score (nSPS) is 19.1. The third kappa shape index (κ3) is 5.48. The molecule has 19 heavy (non-hydrogen) atoms. The maximum absolute atomic E-state index is 12.0. The van der Waals surface area contributed by atoms with Crippen LogP contribution in [0.2, 0.25) is 0 Å². The molecule has 1 aliphatic carbocycles. The maximum Gasteiger partial charge on any atom is 0.389 e. The predicted molar refractivity (Wildman–Crippen MR) is 64.1 cm³/mol. The van der Waals surface area contributed by atoms with Crippen LogP contribution in [0, 0.1) is 0 Å². The Labute approximate surface area is 111 Å². The molecule has 0 N–H and O–H groups in total. The number of rotatable bonds is 5. The molecule has 0 aliphatic heterocycles. The van der Waals surface area contributed by atoms with Crippen LogP contribution in [0.1, 0.15) is 38.5 Å². The SMILES string of the molecule is CN(C1CCC(=O)CC1)S(=O)(=O)CCCC(F)(F)F. The lowest BCUT2D eigenvalue weighted by Crippen LogP contribution is -2.40. The number of Topliss-reactive ketones (excluding diaryl/α,β-unsaturated/α-hetero) is 1. The summed E-state index contributed by atoms with van der Waals surface area (Å²) >= 11 is 0. The van der Waals surface area contributed by atoms with Crippen LogP contribution in [-0.4, -0.2) is 43.5 Å². The highest BCUT2D eigenvalue weighted by Crippen LogP contribution is 2.24. The second kappa shape index (κ2) is 6.21. The highest BCUT2D eigenvalue weighted by molar-refractivity contribution is 7.89. The lowest BCUT2D eigenvalue weighted by molar-refractivity contribution is -0.134. The van der Waals surface area contributed by atoms with Crippen molar-refractivity contribution in [3.05, 3.63) is 0 Å². The number of nitrogens with zero attached hydrogens (tertiary/aromatic N) is 1. The van der Waals surface area contributed by atoms with Gasteiger partial charge in [-0.15, -0.1) is 0 Å². The highest BCUT2D eigenvalue weighted by Gasteiger charge is 2.31. The molecular weight excluding hydrogens is 283 g/mol. The van der Waals surface area contributed by atoms with Gasteiger partial charge in [0.05, 0.1) is 5.75 Å². The molecule has 0 atom stereocenters. The molecule has 0 radical (unpaired) electrons. The van der Waals surface area contributed by atoms with Gasteiger partial charge in [0.15, 0.2) is 0 Å². The minimum Gasteiger partial charge on any atom is -0.300 e. The van der Waals surface area contributed by atoms with Gasteiger partial charge in [-0.25, -0.2) is 12.7 Å². The van der Waals surface area contributed by atoms with Crippen LogP contribution in [0.5, 0.6) is 0 Å². The van der Waals surface area contributed by atoms with Gasteiger partial charge < -0.3 is 0 Å². The zero-order chi connectivity index (χ0) is 14.7. The number of halogens is 3. The maximum atomic E-state index is 12.0. The molecule has 0 bridgehead atoms. The van der Waals surface area contributed by atoms with E-state index in [1.807, 2.05) is 0 Å². The van der Waals surface area contributed by atoms with Gasteiger partial charge in [0.2, 0.25) is 10.0 Å². The first-order valence-electron chi connectivity index (χ1n) is 6.16. The van der Waals surface area contributed by atoms with Crippen LogP contribution in [-0.2, 0) is 14.8 Å². The summed E-state index contributed by atoms with van der Waals surface area (Å²) in [5.41, 5.74) is 0. The number of alkyl halides is 3. The summed E-state index contributed by atoms with van der Waals surface area (Å²) in [6.07, 6.45) is -4.27. The molecule has 0 saturated heterocycles. The topological polar surface area (TPSA) is 54.5 Å². The number of ketones is 1.